The van der Waals surface area contributed by atoms with E-state index in [0.717, 1.165) is 0 Å². The van der Waals surface area contributed by atoms with Crippen LogP contribution >= 0.6 is 0 Å². The monoisotopic (exact) mass is 477 g/mol. The lowest BCUT2D eigenvalue weighted by Crippen LogP contribution is -2.12. The Morgan fingerprint density at radius 1 is 0.857 bits per heavy atom. The van der Waals surface area contributed by atoms with Crippen molar-refractivity contribution in [3.05, 3.63) is 89.6 Å². The molecule has 0 fully saturated rings. The first-order valence-electron chi connectivity index (χ1n) is 10.7. The standard InChI is InChI=1S/C27H21F2NO5/c1-34-27-14-21-23(15-24(27)33)30-9-8-25(21)35-26-7-4-17(12-22(26)29)11-20(32)13-19(31)10-16-2-5-18(28)6-3-16/h2-9,12,14-15,33H,10-11,13H2,1H3. The van der Waals surface area contributed by atoms with Crippen molar-refractivity contribution >= 4 is 22.5 Å². The first kappa shape index (κ1) is 23.8. The number of ether oxygens (including phenoxy) is 2. The number of rotatable bonds is 9. The third kappa shape index (κ3) is 5.78. The normalized spacial score (nSPS) is 10.8. The highest BCUT2D eigenvalue weighted by Crippen LogP contribution is 2.36. The highest BCUT2D eigenvalue weighted by Gasteiger charge is 2.15. The van der Waals surface area contributed by atoms with Crippen LogP contribution in [-0.4, -0.2) is 28.8 Å². The molecule has 8 heteroatoms. The maximum Gasteiger partial charge on any atom is 0.166 e. The van der Waals surface area contributed by atoms with Crippen LogP contribution in [-0.2, 0) is 22.4 Å². The van der Waals surface area contributed by atoms with Crippen molar-refractivity contribution < 1.29 is 33.0 Å². The smallest absolute Gasteiger partial charge is 0.166 e. The van der Waals surface area contributed by atoms with E-state index in [1.54, 1.807) is 18.2 Å². The minimum absolute atomic E-state index is 0.0234. The lowest BCUT2D eigenvalue weighted by Gasteiger charge is -2.12. The van der Waals surface area contributed by atoms with Gasteiger partial charge in [-0.15, -0.1) is 0 Å². The lowest BCUT2D eigenvalue weighted by molar-refractivity contribution is -0.126. The van der Waals surface area contributed by atoms with Crippen LogP contribution in [0.15, 0.2) is 66.9 Å². The highest BCUT2D eigenvalue weighted by molar-refractivity contribution is 6.00. The first-order valence-corrected chi connectivity index (χ1v) is 10.7. The second-order valence-corrected chi connectivity index (χ2v) is 7.95. The van der Waals surface area contributed by atoms with Crippen LogP contribution in [0.5, 0.6) is 23.0 Å². The Bertz CT molecular complexity index is 1400. The molecular weight excluding hydrogens is 456 g/mol. The van der Waals surface area contributed by atoms with Gasteiger partial charge in [-0.25, -0.2) is 8.78 Å². The third-order valence-corrected chi connectivity index (χ3v) is 5.33. The maximum atomic E-state index is 14.8. The second-order valence-electron chi connectivity index (χ2n) is 7.95. The van der Waals surface area contributed by atoms with E-state index in [1.807, 2.05) is 0 Å². The lowest BCUT2D eigenvalue weighted by atomic mass is 10.0. The largest absolute Gasteiger partial charge is 0.504 e. The minimum atomic E-state index is -0.677. The van der Waals surface area contributed by atoms with Crippen LogP contribution < -0.4 is 9.47 Å². The minimum Gasteiger partial charge on any atom is -0.504 e. The van der Waals surface area contributed by atoms with E-state index in [1.165, 1.54) is 55.8 Å². The number of carbonyl (C=O) groups excluding carboxylic acids is 2. The van der Waals surface area contributed by atoms with E-state index in [2.05, 4.69) is 4.98 Å². The first-order chi connectivity index (χ1) is 16.8. The number of pyridine rings is 1. The molecule has 0 saturated carbocycles. The molecule has 0 aliphatic carbocycles. The molecule has 0 amide bonds. The Morgan fingerprint density at radius 3 is 2.23 bits per heavy atom. The van der Waals surface area contributed by atoms with Crippen LogP contribution in [0.1, 0.15) is 17.5 Å². The quantitative estimate of drug-likeness (QED) is 0.328. The number of phenolic OH excluding ortho intramolecular Hbond substituents is 1. The molecule has 1 aromatic heterocycles. The van der Waals surface area contributed by atoms with Crippen molar-refractivity contribution in [1.29, 1.82) is 0 Å². The Labute approximate surface area is 199 Å². The summed E-state index contributed by atoms with van der Waals surface area (Å²) >= 11 is 0. The molecule has 3 aromatic carbocycles. The van der Waals surface area contributed by atoms with Gasteiger partial charge in [-0.05, 0) is 47.5 Å². The summed E-state index contributed by atoms with van der Waals surface area (Å²) in [6.45, 7) is 0. The number of ketones is 2. The summed E-state index contributed by atoms with van der Waals surface area (Å²) in [5, 5.41) is 10.5. The summed E-state index contributed by atoms with van der Waals surface area (Å²) < 4.78 is 38.6. The third-order valence-electron chi connectivity index (χ3n) is 5.33. The Kier molecular flexibility index (Phi) is 7.01. The number of hydrogen-bond donors (Lipinski definition) is 1. The molecule has 1 heterocycles. The molecule has 0 aliphatic heterocycles. The summed E-state index contributed by atoms with van der Waals surface area (Å²) in [6.07, 6.45) is 1.09. The van der Waals surface area contributed by atoms with Crippen LogP contribution in [0.4, 0.5) is 8.78 Å². The fraction of sp³-hybridized carbons (Fsp3) is 0.148. The number of hydrogen-bond acceptors (Lipinski definition) is 6. The number of benzene rings is 3. The number of aromatic nitrogens is 1. The van der Waals surface area contributed by atoms with E-state index < -0.39 is 11.6 Å². The number of fused-ring (bicyclic) bond motifs is 1. The zero-order valence-electron chi connectivity index (χ0n) is 18.8. The van der Waals surface area contributed by atoms with Gasteiger partial charge in [0.2, 0.25) is 0 Å². The van der Waals surface area contributed by atoms with Gasteiger partial charge in [-0.3, -0.25) is 14.6 Å². The predicted molar refractivity (Wildman–Crippen MR) is 125 cm³/mol. The fourth-order valence-electron chi connectivity index (χ4n) is 3.65. The summed E-state index contributed by atoms with van der Waals surface area (Å²) in [5.41, 5.74) is 1.46. The zero-order valence-corrected chi connectivity index (χ0v) is 18.8. The Morgan fingerprint density at radius 2 is 1.54 bits per heavy atom. The molecule has 0 saturated heterocycles. The number of halogens is 2. The Hall–Kier alpha value is -4.33. The highest BCUT2D eigenvalue weighted by atomic mass is 19.1. The molecule has 1 N–H and O–H groups in total. The topological polar surface area (TPSA) is 85.7 Å². The molecule has 0 aliphatic rings. The van der Waals surface area contributed by atoms with Gasteiger partial charge in [0.15, 0.2) is 23.1 Å². The predicted octanol–water partition coefficient (Wildman–Crippen LogP) is 5.33. The van der Waals surface area contributed by atoms with Crippen molar-refractivity contribution in [3.63, 3.8) is 0 Å². The number of phenols is 1. The molecule has 0 bridgehead atoms. The number of methoxy groups -OCH3 is 1. The maximum absolute atomic E-state index is 14.8. The summed E-state index contributed by atoms with van der Waals surface area (Å²) in [4.78, 5) is 28.6. The van der Waals surface area contributed by atoms with Gasteiger partial charge < -0.3 is 14.6 Å². The molecule has 0 spiro atoms. The Balaban J connectivity index is 1.43. The van der Waals surface area contributed by atoms with Crippen molar-refractivity contribution in [2.75, 3.05) is 7.11 Å². The number of Topliss-reactive ketones (excluding diaryl/α,β-unsaturated/α-hetero) is 2. The SMILES string of the molecule is COc1cc2c(Oc3ccc(CC(=O)CC(=O)Cc4ccc(F)cc4)cc3F)ccnc2cc1O. The molecule has 4 aromatic rings. The number of carbonyl (C=O) groups is 2. The number of aromatic hydroxyl groups is 1. The summed E-state index contributed by atoms with van der Waals surface area (Å²) in [6, 6.07) is 14.2. The molecule has 6 nitrogen and oxygen atoms in total. The van der Waals surface area contributed by atoms with Crippen molar-refractivity contribution in [3.8, 4) is 23.0 Å². The van der Waals surface area contributed by atoms with Gasteiger partial charge in [-0.2, -0.15) is 0 Å². The van der Waals surface area contributed by atoms with Crippen LogP contribution in [0.25, 0.3) is 10.9 Å². The van der Waals surface area contributed by atoms with E-state index in [-0.39, 0.29) is 48.1 Å². The summed E-state index contributed by atoms with van der Waals surface area (Å²) in [7, 11) is 1.41. The summed E-state index contributed by atoms with van der Waals surface area (Å²) in [5.74, 6) is -1.34. The van der Waals surface area contributed by atoms with E-state index in [4.69, 9.17) is 9.47 Å². The number of nitrogens with zero attached hydrogens (tertiary/aromatic N) is 1. The molecule has 0 unspecified atom stereocenters. The van der Waals surface area contributed by atoms with Crippen molar-refractivity contribution in [2.24, 2.45) is 0 Å². The van der Waals surface area contributed by atoms with Crippen LogP contribution in [0, 0.1) is 11.6 Å². The van der Waals surface area contributed by atoms with Crippen molar-refractivity contribution in [1.82, 2.24) is 4.98 Å². The van der Waals surface area contributed by atoms with Crippen LogP contribution in [0.2, 0.25) is 0 Å². The molecule has 35 heavy (non-hydrogen) atoms. The molecule has 178 valence electrons. The molecular formula is C27H21F2NO5. The van der Waals surface area contributed by atoms with Gasteiger partial charge in [0, 0.05) is 30.5 Å². The van der Waals surface area contributed by atoms with E-state index >= 15 is 0 Å². The fourth-order valence-corrected chi connectivity index (χ4v) is 3.65. The van der Waals surface area contributed by atoms with Crippen molar-refractivity contribution in [2.45, 2.75) is 19.3 Å². The van der Waals surface area contributed by atoms with Gasteiger partial charge in [0.05, 0.1) is 19.0 Å². The van der Waals surface area contributed by atoms with E-state index in [9.17, 15) is 23.5 Å². The van der Waals surface area contributed by atoms with Gasteiger partial charge >= 0.3 is 0 Å². The van der Waals surface area contributed by atoms with Gasteiger partial charge in [0.1, 0.15) is 23.1 Å². The molecule has 4 rings (SSSR count). The molecule has 0 atom stereocenters. The van der Waals surface area contributed by atoms with Crippen LogP contribution in [0.3, 0.4) is 0 Å². The van der Waals surface area contributed by atoms with E-state index in [0.29, 0.717) is 27.8 Å². The average molecular weight is 477 g/mol. The van der Waals surface area contributed by atoms with Gasteiger partial charge in [-0.1, -0.05) is 18.2 Å². The average Bonchev–Trinajstić information content (AvgIpc) is 2.82. The van der Waals surface area contributed by atoms with Gasteiger partial charge in [0.25, 0.3) is 0 Å². The zero-order chi connectivity index (χ0) is 24.9. The second kappa shape index (κ2) is 10.3. The molecule has 0 radical (unpaired) electrons.